The number of amides is 1. The Morgan fingerprint density at radius 1 is 1.54 bits per heavy atom. The van der Waals surface area contributed by atoms with Crippen molar-refractivity contribution < 1.29 is 14.3 Å². The summed E-state index contributed by atoms with van der Waals surface area (Å²) in [6, 6.07) is -0.00319. The Morgan fingerprint density at radius 2 is 2.15 bits per heavy atom. The molecule has 1 unspecified atom stereocenters. The summed E-state index contributed by atoms with van der Waals surface area (Å²) < 4.78 is 4.26. The molecule has 0 bridgehead atoms. The molecule has 4 nitrogen and oxygen atoms in total. The average molecular weight is 205 g/mol. The van der Waals surface area contributed by atoms with Gasteiger partial charge in [-0.3, -0.25) is 4.79 Å². The second kappa shape index (κ2) is 6.77. The van der Waals surface area contributed by atoms with Crippen LogP contribution in [-0.4, -0.2) is 36.5 Å². The van der Waals surface area contributed by atoms with Gasteiger partial charge in [0.25, 0.3) is 0 Å². The number of rotatable bonds is 4. The zero-order valence-electron chi connectivity index (χ0n) is 8.12. The maximum atomic E-state index is 11.0. The van der Waals surface area contributed by atoms with Gasteiger partial charge in [0.15, 0.2) is 0 Å². The first kappa shape index (κ1) is 12.3. The van der Waals surface area contributed by atoms with Crippen LogP contribution in [0.25, 0.3) is 0 Å². The molecule has 0 aromatic carbocycles. The molecule has 0 aliphatic heterocycles. The first-order valence-electron chi connectivity index (χ1n) is 4.08. The third-order valence-corrected chi connectivity index (χ3v) is 2.46. The minimum atomic E-state index is -0.839. The van der Waals surface area contributed by atoms with E-state index in [0.29, 0.717) is 0 Å². The Bertz CT molecular complexity index is 184. The number of nitrogens with one attached hydrogen (secondary N) is 1. The van der Waals surface area contributed by atoms with Crippen LogP contribution in [-0.2, 0) is 14.3 Å². The Balaban J connectivity index is 3.71. The molecule has 1 atom stereocenters. The van der Waals surface area contributed by atoms with E-state index < -0.39 is 11.9 Å². The fraction of sp³-hybridized carbons (Fsp3) is 0.750. The van der Waals surface area contributed by atoms with Crippen LogP contribution in [0, 0.1) is 0 Å². The number of thioether (sulfide) groups is 1. The van der Waals surface area contributed by atoms with Crippen molar-refractivity contribution in [3.05, 3.63) is 0 Å². The number of methoxy groups -OCH3 is 1. The van der Waals surface area contributed by atoms with Crippen molar-refractivity contribution in [1.29, 1.82) is 0 Å². The second-order valence-corrected chi connectivity index (χ2v) is 3.84. The van der Waals surface area contributed by atoms with Crippen LogP contribution in [0.2, 0.25) is 0 Å². The number of hydrogen-bond donors (Lipinski definition) is 1. The Labute approximate surface area is 82.4 Å². The molecule has 13 heavy (non-hydrogen) atoms. The van der Waals surface area contributed by atoms with Gasteiger partial charge in [0.2, 0.25) is 0 Å². The van der Waals surface area contributed by atoms with Crippen molar-refractivity contribution in [2.75, 3.05) is 18.6 Å². The van der Waals surface area contributed by atoms with Gasteiger partial charge in [-0.15, -0.1) is 0 Å². The van der Waals surface area contributed by atoms with E-state index >= 15 is 0 Å². The molecule has 0 fully saturated rings. The minimum absolute atomic E-state index is 0.00319. The van der Waals surface area contributed by atoms with E-state index in [1.54, 1.807) is 11.8 Å². The fourth-order valence-electron chi connectivity index (χ4n) is 0.712. The summed E-state index contributed by atoms with van der Waals surface area (Å²) in [6.07, 6.45) is 0. The van der Waals surface area contributed by atoms with Gasteiger partial charge in [0.05, 0.1) is 7.11 Å². The summed E-state index contributed by atoms with van der Waals surface area (Å²) in [7, 11) is 1.19. The number of esters is 1. The number of carbonyl (C=O) groups is 2. The molecule has 0 aliphatic carbocycles. The van der Waals surface area contributed by atoms with Crippen LogP contribution in [0.1, 0.15) is 13.8 Å². The normalized spacial score (nSPS) is 11.9. The average Bonchev–Trinajstić information content (AvgIpc) is 2.13. The monoisotopic (exact) mass is 205 g/mol. The van der Waals surface area contributed by atoms with Crippen molar-refractivity contribution in [2.45, 2.75) is 19.9 Å². The molecule has 0 aliphatic rings. The number of hydrogen-bond acceptors (Lipinski definition) is 4. The highest BCUT2D eigenvalue weighted by molar-refractivity contribution is 7.99. The summed E-state index contributed by atoms with van der Waals surface area (Å²) in [5.74, 6) is 0.289. The molecular formula is C8H15NO3S. The summed E-state index contributed by atoms with van der Waals surface area (Å²) in [5, 5.41) is 2.53. The lowest BCUT2D eigenvalue weighted by Crippen LogP contribution is -2.39. The first-order valence-corrected chi connectivity index (χ1v) is 5.23. The smallest absolute Gasteiger partial charge is 0.396 e. The van der Waals surface area contributed by atoms with Gasteiger partial charge in [0, 0.05) is 11.8 Å². The topological polar surface area (TPSA) is 55.4 Å². The molecule has 76 valence electrons. The van der Waals surface area contributed by atoms with Crippen molar-refractivity contribution in [2.24, 2.45) is 0 Å². The first-order chi connectivity index (χ1) is 6.11. The number of ether oxygens (including phenoxy) is 1. The maximum absolute atomic E-state index is 11.0. The summed E-state index contributed by atoms with van der Waals surface area (Å²) in [4.78, 5) is 21.6. The molecule has 0 saturated carbocycles. The highest BCUT2D eigenvalue weighted by atomic mass is 32.2. The molecule has 5 heteroatoms. The predicted octanol–water partition coefficient (Wildman–Crippen LogP) is 0.417. The van der Waals surface area contributed by atoms with Crippen molar-refractivity contribution >= 4 is 23.6 Å². The molecule has 0 heterocycles. The van der Waals surface area contributed by atoms with E-state index in [2.05, 4.69) is 10.1 Å². The lowest BCUT2D eigenvalue weighted by molar-refractivity contribution is -0.152. The standard InChI is InChI=1S/C8H15NO3S/c1-4-13-5-6(2)9-7(10)8(11)12-3/h6H,4-5H2,1-3H3,(H,9,10). The van der Waals surface area contributed by atoms with Crippen LogP contribution in [0.5, 0.6) is 0 Å². The van der Waals surface area contributed by atoms with Crippen molar-refractivity contribution in [3.8, 4) is 0 Å². The van der Waals surface area contributed by atoms with E-state index in [1.165, 1.54) is 7.11 Å². The van der Waals surface area contributed by atoms with Crippen LogP contribution >= 0.6 is 11.8 Å². The molecule has 0 aromatic heterocycles. The SMILES string of the molecule is CCSCC(C)NC(=O)C(=O)OC. The quantitative estimate of drug-likeness (QED) is 0.534. The van der Waals surface area contributed by atoms with Gasteiger partial charge < -0.3 is 10.1 Å². The molecule has 0 aromatic rings. The van der Waals surface area contributed by atoms with Gasteiger partial charge in [0.1, 0.15) is 0 Å². The highest BCUT2D eigenvalue weighted by Crippen LogP contribution is 2.00. The Hall–Kier alpha value is -0.710. The van der Waals surface area contributed by atoms with Crippen molar-refractivity contribution in [1.82, 2.24) is 5.32 Å². The third kappa shape index (κ3) is 5.52. The predicted molar refractivity (Wildman–Crippen MR) is 52.6 cm³/mol. The van der Waals surface area contributed by atoms with Gasteiger partial charge in [-0.05, 0) is 12.7 Å². The Morgan fingerprint density at radius 3 is 2.62 bits per heavy atom. The van der Waals surface area contributed by atoms with E-state index in [4.69, 9.17) is 0 Å². The molecule has 1 amide bonds. The van der Waals surface area contributed by atoms with Gasteiger partial charge in [-0.25, -0.2) is 4.79 Å². The number of carbonyl (C=O) groups excluding carboxylic acids is 2. The van der Waals surface area contributed by atoms with Gasteiger partial charge in [-0.2, -0.15) is 11.8 Å². The van der Waals surface area contributed by atoms with Crippen LogP contribution < -0.4 is 5.32 Å². The minimum Gasteiger partial charge on any atom is -0.462 e. The molecular weight excluding hydrogens is 190 g/mol. The zero-order chi connectivity index (χ0) is 10.3. The fourth-order valence-corrected chi connectivity index (χ4v) is 1.38. The molecule has 0 spiro atoms. The summed E-state index contributed by atoms with van der Waals surface area (Å²) >= 11 is 1.71. The lowest BCUT2D eigenvalue weighted by atomic mass is 10.4. The van der Waals surface area contributed by atoms with E-state index in [-0.39, 0.29) is 6.04 Å². The van der Waals surface area contributed by atoms with Crippen molar-refractivity contribution in [3.63, 3.8) is 0 Å². The van der Waals surface area contributed by atoms with E-state index in [9.17, 15) is 9.59 Å². The largest absolute Gasteiger partial charge is 0.462 e. The van der Waals surface area contributed by atoms with Crippen LogP contribution in [0.4, 0.5) is 0 Å². The molecule has 0 rings (SSSR count). The van der Waals surface area contributed by atoms with E-state index in [1.807, 2.05) is 13.8 Å². The maximum Gasteiger partial charge on any atom is 0.396 e. The second-order valence-electron chi connectivity index (χ2n) is 2.53. The van der Waals surface area contributed by atoms with Gasteiger partial charge in [-0.1, -0.05) is 6.92 Å². The van der Waals surface area contributed by atoms with Crippen LogP contribution in [0.3, 0.4) is 0 Å². The summed E-state index contributed by atoms with van der Waals surface area (Å²) in [5.41, 5.74) is 0. The Kier molecular flexibility index (Phi) is 6.40. The third-order valence-electron chi connectivity index (χ3n) is 1.32. The van der Waals surface area contributed by atoms with Crippen LogP contribution in [0.15, 0.2) is 0 Å². The lowest BCUT2D eigenvalue weighted by Gasteiger charge is -2.11. The van der Waals surface area contributed by atoms with Gasteiger partial charge >= 0.3 is 11.9 Å². The van der Waals surface area contributed by atoms with E-state index in [0.717, 1.165) is 11.5 Å². The molecule has 0 saturated heterocycles. The highest BCUT2D eigenvalue weighted by Gasteiger charge is 2.15. The molecule has 1 N–H and O–H groups in total. The summed E-state index contributed by atoms with van der Waals surface area (Å²) in [6.45, 7) is 3.89. The molecule has 0 radical (unpaired) electrons. The zero-order valence-corrected chi connectivity index (χ0v) is 8.94.